The van der Waals surface area contributed by atoms with E-state index in [2.05, 4.69) is 11.9 Å². The molecule has 1 aromatic rings. The summed E-state index contributed by atoms with van der Waals surface area (Å²) < 4.78 is 0. The van der Waals surface area contributed by atoms with Crippen LogP contribution in [0.4, 0.5) is 5.82 Å². The number of nitrogens with two attached hydrogens (primary N) is 1. The Hall–Kier alpha value is -1.29. The van der Waals surface area contributed by atoms with E-state index in [1.165, 1.54) is 12.8 Å². The number of carbonyl (C=O) groups is 1. The van der Waals surface area contributed by atoms with Crippen molar-refractivity contribution in [3.63, 3.8) is 0 Å². The molecule has 2 atom stereocenters. The average molecular weight is 282 g/mol. The summed E-state index contributed by atoms with van der Waals surface area (Å²) in [5.41, 5.74) is 5.88. The van der Waals surface area contributed by atoms with Crippen LogP contribution < -0.4 is 5.73 Å². The van der Waals surface area contributed by atoms with Crippen LogP contribution in [-0.2, 0) is 0 Å². The molecule has 1 aliphatic carbocycles. The van der Waals surface area contributed by atoms with Crippen molar-refractivity contribution in [2.75, 3.05) is 12.8 Å². The van der Waals surface area contributed by atoms with E-state index in [1.807, 2.05) is 7.05 Å². The molecule has 0 spiro atoms. The van der Waals surface area contributed by atoms with Crippen molar-refractivity contribution in [2.24, 2.45) is 5.92 Å². The molecule has 4 nitrogen and oxygen atoms in total. The summed E-state index contributed by atoms with van der Waals surface area (Å²) in [7, 11) is 1.83. The van der Waals surface area contributed by atoms with Crippen molar-refractivity contribution in [1.29, 1.82) is 0 Å². The zero-order chi connectivity index (χ0) is 14.0. The molecule has 1 heterocycles. The molecule has 0 bridgehead atoms. The standard InChI is InChI=1S/C14H20ClN3O/c1-9-4-3-5-10(8-9)18(2)14(19)13-11(15)6-7-12(16)17-13/h6-7,9-10H,3-5,8H2,1-2H3,(H2,16,17). The van der Waals surface area contributed by atoms with E-state index >= 15 is 0 Å². The maximum atomic E-state index is 12.4. The van der Waals surface area contributed by atoms with Gasteiger partial charge in [-0.05, 0) is 30.9 Å². The molecule has 0 saturated heterocycles. The highest BCUT2D eigenvalue weighted by atomic mass is 35.5. The first-order valence-electron chi connectivity index (χ1n) is 6.68. The normalized spacial score (nSPS) is 23.1. The molecule has 1 fully saturated rings. The lowest BCUT2D eigenvalue weighted by Crippen LogP contribution is -2.40. The highest BCUT2D eigenvalue weighted by Gasteiger charge is 2.27. The number of anilines is 1. The van der Waals surface area contributed by atoms with Crippen LogP contribution in [0.25, 0.3) is 0 Å². The van der Waals surface area contributed by atoms with Crippen LogP contribution in [0, 0.1) is 5.92 Å². The summed E-state index contributed by atoms with van der Waals surface area (Å²) >= 11 is 6.04. The molecule has 1 aromatic heterocycles. The number of nitrogen functional groups attached to an aromatic ring is 1. The first kappa shape index (κ1) is 14.1. The third-order valence-electron chi connectivity index (χ3n) is 3.85. The molecule has 0 radical (unpaired) electrons. The number of nitrogens with zero attached hydrogens (tertiary/aromatic N) is 2. The molecule has 1 saturated carbocycles. The number of halogens is 1. The van der Waals surface area contributed by atoms with Gasteiger partial charge in [-0.25, -0.2) is 4.98 Å². The Bertz CT molecular complexity index is 478. The first-order valence-corrected chi connectivity index (χ1v) is 7.06. The number of rotatable bonds is 2. The zero-order valence-corrected chi connectivity index (χ0v) is 12.2. The Morgan fingerprint density at radius 3 is 2.89 bits per heavy atom. The predicted molar refractivity (Wildman–Crippen MR) is 77.2 cm³/mol. The van der Waals surface area contributed by atoms with Crippen molar-refractivity contribution in [2.45, 2.75) is 38.6 Å². The topological polar surface area (TPSA) is 59.2 Å². The fourth-order valence-electron chi connectivity index (χ4n) is 2.69. The Balaban J connectivity index is 2.16. The monoisotopic (exact) mass is 281 g/mol. The second-order valence-electron chi connectivity index (χ2n) is 5.41. The highest BCUT2D eigenvalue weighted by Crippen LogP contribution is 2.28. The Morgan fingerprint density at radius 1 is 1.47 bits per heavy atom. The fraction of sp³-hybridized carbons (Fsp3) is 0.571. The molecular weight excluding hydrogens is 262 g/mol. The van der Waals surface area contributed by atoms with E-state index in [0.717, 1.165) is 12.8 Å². The smallest absolute Gasteiger partial charge is 0.274 e. The minimum Gasteiger partial charge on any atom is -0.384 e. The first-order chi connectivity index (χ1) is 8.99. The van der Waals surface area contributed by atoms with E-state index in [-0.39, 0.29) is 17.6 Å². The van der Waals surface area contributed by atoms with Gasteiger partial charge >= 0.3 is 0 Å². The zero-order valence-electron chi connectivity index (χ0n) is 11.4. The molecule has 104 valence electrons. The van der Waals surface area contributed by atoms with E-state index in [1.54, 1.807) is 17.0 Å². The second kappa shape index (κ2) is 5.78. The number of aromatic nitrogens is 1. The summed E-state index contributed by atoms with van der Waals surface area (Å²) in [4.78, 5) is 18.3. The summed E-state index contributed by atoms with van der Waals surface area (Å²) in [6.07, 6.45) is 4.51. The van der Waals surface area contributed by atoms with Crippen molar-refractivity contribution in [3.05, 3.63) is 22.8 Å². The lowest BCUT2D eigenvalue weighted by molar-refractivity contribution is 0.0666. The van der Waals surface area contributed by atoms with Crippen molar-refractivity contribution < 1.29 is 4.79 Å². The summed E-state index contributed by atoms with van der Waals surface area (Å²) in [6.45, 7) is 2.23. The van der Waals surface area contributed by atoms with Crippen molar-refractivity contribution >= 4 is 23.3 Å². The van der Waals surface area contributed by atoms with Gasteiger partial charge in [0, 0.05) is 13.1 Å². The molecule has 0 aromatic carbocycles. The lowest BCUT2D eigenvalue weighted by atomic mass is 9.86. The predicted octanol–water partition coefficient (Wildman–Crippen LogP) is 2.97. The molecule has 2 N–H and O–H groups in total. The second-order valence-corrected chi connectivity index (χ2v) is 5.82. The van der Waals surface area contributed by atoms with Gasteiger partial charge in [0.15, 0.2) is 0 Å². The SMILES string of the molecule is CC1CCCC(N(C)C(=O)c2nc(N)ccc2Cl)C1. The van der Waals surface area contributed by atoms with Crippen LogP contribution in [-0.4, -0.2) is 28.9 Å². The van der Waals surface area contributed by atoms with E-state index in [0.29, 0.717) is 16.8 Å². The van der Waals surface area contributed by atoms with Gasteiger partial charge in [0.1, 0.15) is 11.5 Å². The minimum atomic E-state index is -0.142. The average Bonchev–Trinajstić information content (AvgIpc) is 2.40. The van der Waals surface area contributed by atoms with Crippen LogP contribution in [0.2, 0.25) is 5.02 Å². The number of carbonyl (C=O) groups excluding carboxylic acids is 1. The van der Waals surface area contributed by atoms with Crippen LogP contribution in [0.15, 0.2) is 12.1 Å². The number of pyridine rings is 1. The van der Waals surface area contributed by atoms with Crippen LogP contribution in [0.3, 0.4) is 0 Å². The molecule has 1 amide bonds. The number of hydrogen-bond acceptors (Lipinski definition) is 3. The summed E-state index contributed by atoms with van der Waals surface area (Å²) in [5, 5.41) is 0.356. The summed E-state index contributed by atoms with van der Waals surface area (Å²) in [6, 6.07) is 3.49. The largest absolute Gasteiger partial charge is 0.384 e. The molecule has 5 heteroatoms. The van der Waals surface area contributed by atoms with Crippen LogP contribution in [0.1, 0.15) is 43.1 Å². The van der Waals surface area contributed by atoms with Gasteiger partial charge in [-0.2, -0.15) is 0 Å². The molecule has 2 unspecified atom stereocenters. The third kappa shape index (κ3) is 3.18. The van der Waals surface area contributed by atoms with Gasteiger partial charge in [0.25, 0.3) is 5.91 Å². The molecule has 19 heavy (non-hydrogen) atoms. The number of amides is 1. The van der Waals surface area contributed by atoms with E-state index in [4.69, 9.17) is 17.3 Å². The van der Waals surface area contributed by atoms with Crippen molar-refractivity contribution in [3.8, 4) is 0 Å². The van der Waals surface area contributed by atoms with Crippen LogP contribution in [0.5, 0.6) is 0 Å². The maximum Gasteiger partial charge on any atom is 0.274 e. The number of hydrogen-bond donors (Lipinski definition) is 1. The molecular formula is C14H20ClN3O. The van der Waals surface area contributed by atoms with Gasteiger partial charge in [-0.3, -0.25) is 4.79 Å². The van der Waals surface area contributed by atoms with Gasteiger partial charge in [0.05, 0.1) is 5.02 Å². The quantitative estimate of drug-likeness (QED) is 0.907. The molecule has 2 rings (SSSR count). The minimum absolute atomic E-state index is 0.142. The Labute approximate surface area is 118 Å². The van der Waals surface area contributed by atoms with E-state index in [9.17, 15) is 4.79 Å². The maximum absolute atomic E-state index is 12.4. The lowest BCUT2D eigenvalue weighted by Gasteiger charge is -2.34. The third-order valence-corrected chi connectivity index (χ3v) is 4.15. The van der Waals surface area contributed by atoms with Gasteiger partial charge in [-0.15, -0.1) is 0 Å². The fourth-order valence-corrected chi connectivity index (χ4v) is 2.88. The Kier molecular flexibility index (Phi) is 4.30. The van der Waals surface area contributed by atoms with Crippen molar-refractivity contribution in [1.82, 2.24) is 9.88 Å². The summed E-state index contributed by atoms with van der Waals surface area (Å²) in [5.74, 6) is 0.841. The van der Waals surface area contributed by atoms with E-state index < -0.39 is 0 Å². The highest BCUT2D eigenvalue weighted by molar-refractivity contribution is 6.33. The Morgan fingerprint density at radius 2 is 2.21 bits per heavy atom. The van der Waals surface area contributed by atoms with Gasteiger partial charge < -0.3 is 10.6 Å². The van der Waals surface area contributed by atoms with Gasteiger partial charge in [-0.1, -0.05) is 31.4 Å². The molecule has 0 aliphatic heterocycles. The van der Waals surface area contributed by atoms with Crippen LogP contribution >= 0.6 is 11.6 Å². The molecule has 1 aliphatic rings. The van der Waals surface area contributed by atoms with Gasteiger partial charge in [0.2, 0.25) is 0 Å².